The van der Waals surface area contributed by atoms with Crippen molar-refractivity contribution in [3.8, 4) is 5.75 Å². The van der Waals surface area contributed by atoms with Crippen LogP contribution in [0.25, 0.3) is 0 Å². The van der Waals surface area contributed by atoms with Crippen molar-refractivity contribution in [1.82, 2.24) is 47.4 Å². The average Bonchev–Trinajstić information content (AvgIpc) is 4.08. The number of nitrogens with zero attached hydrogens (tertiary/aromatic N) is 1. The molecule has 0 spiro atoms. The highest BCUT2D eigenvalue weighted by atomic mass is 32.3. The Morgan fingerprint density at radius 1 is 0.602 bits per heavy atom. The molecule has 1 fully saturated rings. The van der Waals surface area contributed by atoms with Gasteiger partial charge in [0.25, 0.3) is 0 Å². The molecule has 0 bridgehead atoms. The number of carbonyl (C=O) groups is 12. The van der Waals surface area contributed by atoms with E-state index in [1.807, 2.05) is 13.8 Å². The minimum absolute atomic E-state index is 0. The molecule has 0 unspecified atom stereocenters. The van der Waals surface area contributed by atoms with E-state index in [2.05, 4.69) is 46.7 Å². The number of nitrogens with one attached hydrogen (secondary N) is 8. The van der Waals surface area contributed by atoms with Crippen molar-refractivity contribution in [1.29, 1.82) is 0 Å². The first kappa shape index (κ1) is 75.8. The molecule has 1 aliphatic heterocycles. The van der Waals surface area contributed by atoms with E-state index in [0.29, 0.717) is 17.5 Å². The van der Waals surface area contributed by atoms with E-state index in [0.717, 1.165) is 12.1 Å². The minimum atomic E-state index is -4.88. The first-order valence-electron chi connectivity index (χ1n) is 28.4. The van der Waals surface area contributed by atoms with Crippen LogP contribution < -0.4 is 52.5 Å². The summed E-state index contributed by atoms with van der Waals surface area (Å²) in [6.07, 6.45) is -3.08. The molecule has 9 amide bonds. The highest BCUT2D eigenvalue weighted by Gasteiger charge is 2.41. The molecule has 32 heteroatoms. The van der Waals surface area contributed by atoms with Gasteiger partial charge >= 0.3 is 28.3 Å². The van der Waals surface area contributed by atoms with Crippen molar-refractivity contribution in [2.75, 3.05) is 13.2 Å². The Hall–Kier alpha value is -8.33. The Bertz CT molecular complexity index is 2850. The molecule has 11 atom stereocenters. The standard InChI is InChI=1S/C56H82N10O20S.H2O/c1-7-31(4)47(65-52(78)40(21-24-46(72)73)61-50(76)39(20-23-45(70)71)62-54(80)42(63-48(74)32(5)57)27-34-12-9-8-10-13-34)56(82)66-25-11-14-43(66)55(81)58-33(6)49(75)60-38(19-22-44(68)69)51(77)64-41(53(79)59-36(29-67)26-30(2)3)28-35-15-17-37(18-16-35)86-87(83,84)85;/h8-10,12-13,15-18,30-33,36,38-43,47,67H,7,11,14,19-29,57H2,1-6H3,(H,58,81)(H,59,79)(H,60,75)(H,61,76)(H,62,80)(H,63,74)(H,64,77)(H,65,78)(H,68,69)(H,70,71)(H,72,73)(H,83,84,85);1H2/t31-,32-,33-,36-,38-,39-,40-,41-,42-,43-,47-;/m0./s1. The maximum absolute atomic E-state index is 14.6. The molecule has 1 aliphatic rings. The lowest BCUT2D eigenvalue weighted by Gasteiger charge is -2.33. The number of carboxylic acid groups (broad SMARTS) is 3. The maximum Gasteiger partial charge on any atom is 0.446 e. The number of carboxylic acids is 3. The second-order valence-corrected chi connectivity index (χ2v) is 22.8. The van der Waals surface area contributed by atoms with Crippen LogP contribution >= 0.6 is 0 Å². The normalized spacial score (nSPS) is 16.3. The number of carbonyl (C=O) groups excluding carboxylic acids is 9. The van der Waals surface area contributed by atoms with Gasteiger partial charge in [0, 0.05) is 38.6 Å². The van der Waals surface area contributed by atoms with Crippen molar-refractivity contribution in [3.05, 3.63) is 65.7 Å². The monoisotopic (exact) mass is 1260 g/mol. The van der Waals surface area contributed by atoms with Crippen LogP contribution in [0, 0.1) is 11.8 Å². The van der Waals surface area contributed by atoms with Crippen molar-refractivity contribution >= 4 is 81.5 Å². The van der Waals surface area contributed by atoms with Gasteiger partial charge in [-0.05, 0) is 87.5 Å². The average molecular weight is 1270 g/mol. The third-order valence-electron chi connectivity index (χ3n) is 14.1. The largest absolute Gasteiger partial charge is 0.481 e. The number of aliphatic hydroxyl groups excluding tert-OH is 1. The summed E-state index contributed by atoms with van der Waals surface area (Å²) in [4.78, 5) is 161. The predicted octanol–water partition coefficient (Wildman–Crippen LogP) is -2.26. The molecule has 88 heavy (non-hydrogen) atoms. The zero-order valence-corrected chi connectivity index (χ0v) is 50.6. The molecule has 1 heterocycles. The zero-order valence-electron chi connectivity index (χ0n) is 49.8. The van der Waals surface area contributed by atoms with Crippen molar-refractivity contribution in [2.24, 2.45) is 17.6 Å². The van der Waals surface area contributed by atoms with E-state index in [1.54, 1.807) is 44.2 Å². The first-order chi connectivity index (χ1) is 40.8. The second kappa shape index (κ2) is 36.7. The van der Waals surface area contributed by atoms with Crippen LogP contribution in [0.4, 0.5) is 0 Å². The van der Waals surface area contributed by atoms with Crippen molar-refractivity contribution < 1.29 is 101 Å². The number of nitrogens with two attached hydrogens (primary N) is 1. The quantitative estimate of drug-likeness (QED) is 0.0318. The second-order valence-electron chi connectivity index (χ2n) is 21.8. The minimum Gasteiger partial charge on any atom is -0.481 e. The number of benzene rings is 2. The van der Waals surface area contributed by atoms with Gasteiger partial charge in [0.2, 0.25) is 53.2 Å². The van der Waals surface area contributed by atoms with Gasteiger partial charge < -0.3 is 83.3 Å². The molecule has 3 rings (SSSR count). The molecule has 0 saturated carbocycles. The Labute approximate surface area is 509 Å². The first-order valence-corrected chi connectivity index (χ1v) is 29.7. The Morgan fingerprint density at radius 2 is 1.03 bits per heavy atom. The van der Waals surface area contributed by atoms with Crippen LogP contribution in [-0.2, 0) is 80.8 Å². The van der Waals surface area contributed by atoms with Crippen molar-refractivity contribution in [3.63, 3.8) is 0 Å². The van der Waals surface area contributed by atoms with Crippen LogP contribution in [0.15, 0.2) is 54.6 Å². The van der Waals surface area contributed by atoms with E-state index < -0.39 is 193 Å². The lowest BCUT2D eigenvalue weighted by atomic mass is 9.96. The molecular weight excluding hydrogens is 1180 g/mol. The van der Waals surface area contributed by atoms with Crippen LogP contribution in [-0.4, -0.2) is 188 Å². The summed E-state index contributed by atoms with van der Waals surface area (Å²) >= 11 is 0. The van der Waals surface area contributed by atoms with Gasteiger partial charge in [0.05, 0.1) is 18.7 Å². The molecule has 0 aromatic heterocycles. The molecule has 2 aromatic carbocycles. The summed E-state index contributed by atoms with van der Waals surface area (Å²) in [6, 6.07) is -0.323. The highest BCUT2D eigenvalue weighted by molar-refractivity contribution is 7.81. The smallest absolute Gasteiger partial charge is 0.446 e. The van der Waals surface area contributed by atoms with E-state index in [9.17, 15) is 86.4 Å². The molecule has 0 aliphatic carbocycles. The van der Waals surface area contributed by atoms with Crippen LogP contribution in [0.2, 0.25) is 0 Å². The molecular formula is C56H84N10O21S. The van der Waals surface area contributed by atoms with Gasteiger partial charge in [0.15, 0.2) is 0 Å². The SMILES string of the molecule is CC[C@H](C)[C@H](NC(=O)[C@H](CCC(=O)O)NC(=O)[C@H](CCC(=O)O)NC(=O)[C@H](Cc1ccccc1)NC(=O)[C@H](C)N)C(=O)N1CCC[C@H]1C(=O)N[C@@H](C)C(=O)N[C@@H](CCC(=O)O)C(=O)N[C@@H](Cc1ccc(OS(=O)(=O)O)cc1)C(=O)N[C@H](CO)CC(C)C.O. The number of amides is 9. The van der Waals surface area contributed by atoms with E-state index >= 15 is 0 Å². The maximum atomic E-state index is 14.6. The Kier molecular flexibility index (Phi) is 31.6. The van der Waals surface area contributed by atoms with Gasteiger partial charge in [0.1, 0.15) is 54.1 Å². The van der Waals surface area contributed by atoms with E-state index in [4.69, 9.17) is 10.3 Å². The topological polar surface area (TPSA) is 506 Å². The summed E-state index contributed by atoms with van der Waals surface area (Å²) < 4.78 is 36.0. The molecule has 17 N–H and O–H groups in total. The fourth-order valence-electron chi connectivity index (χ4n) is 9.18. The molecule has 1 saturated heterocycles. The number of aliphatic hydroxyl groups is 1. The molecule has 2 aromatic rings. The Balaban J connectivity index is 0.0000264. The third kappa shape index (κ3) is 26.3. The van der Waals surface area contributed by atoms with E-state index in [-0.39, 0.29) is 55.8 Å². The summed E-state index contributed by atoms with van der Waals surface area (Å²) in [7, 11) is -4.88. The third-order valence-corrected chi connectivity index (χ3v) is 14.5. The number of aliphatic carboxylic acids is 3. The summed E-state index contributed by atoms with van der Waals surface area (Å²) in [5, 5.41) is 58.8. The van der Waals surface area contributed by atoms with Crippen molar-refractivity contribution in [2.45, 2.75) is 179 Å². The lowest BCUT2D eigenvalue weighted by molar-refractivity contribution is -0.144. The predicted molar refractivity (Wildman–Crippen MR) is 312 cm³/mol. The Morgan fingerprint density at radius 3 is 1.48 bits per heavy atom. The van der Waals surface area contributed by atoms with Gasteiger partial charge in [-0.15, -0.1) is 0 Å². The highest BCUT2D eigenvalue weighted by Crippen LogP contribution is 2.23. The fraction of sp³-hybridized carbons (Fsp3) is 0.571. The summed E-state index contributed by atoms with van der Waals surface area (Å²) in [5.41, 5.74) is 6.66. The van der Waals surface area contributed by atoms with Crippen LogP contribution in [0.5, 0.6) is 5.75 Å². The zero-order chi connectivity index (χ0) is 65.3. The lowest BCUT2D eigenvalue weighted by Crippen LogP contribution is -2.61. The number of hydrogen-bond donors (Lipinski definition) is 14. The fourth-order valence-corrected chi connectivity index (χ4v) is 9.53. The number of rotatable bonds is 37. The van der Waals surface area contributed by atoms with E-state index in [1.165, 1.54) is 30.9 Å². The summed E-state index contributed by atoms with van der Waals surface area (Å²) in [5.74, 6) is -13.3. The van der Waals surface area contributed by atoms with Gasteiger partial charge in [-0.1, -0.05) is 76.6 Å². The van der Waals surface area contributed by atoms with Crippen LogP contribution in [0.1, 0.15) is 117 Å². The number of likely N-dealkylation sites (tertiary alicyclic amines) is 1. The van der Waals surface area contributed by atoms with Gasteiger partial charge in [-0.25, -0.2) is 0 Å². The molecule has 490 valence electrons. The molecule has 31 nitrogen and oxygen atoms in total. The van der Waals surface area contributed by atoms with Gasteiger partial charge in [-0.2, -0.15) is 8.42 Å². The van der Waals surface area contributed by atoms with Gasteiger partial charge in [-0.3, -0.25) is 62.1 Å². The molecule has 0 radical (unpaired) electrons. The summed E-state index contributed by atoms with van der Waals surface area (Å²) in [6.45, 7) is 9.10. The number of hydrogen-bond acceptors (Lipinski definition) is 17. The van der Waals surface area contributed by atoms with Crippen LogP contribution in [0.3, 0.4) is 0 Å².